The fourth-order valence-electron chi connectivity index (χ4n) is 2.74. The molecule has 2 aromatic rings. The number of anilines is 2. The second-order valence-corrected chi connectivity index (χ2v) is 9.62. The van der Waals surface area contributed by atoms with Crippen molar-refractivity contribution in [2.45, 2.75) is 31.3 Å². The predicted octanol–water partition coefficient (Wildman–Crippen LogP) is 4.65. The van der Waals surface area contributed by atoms with Gasteiger partial charge in [-0.3, -0.25) is 9.52 Å². The number of rotatable bonds is 5. The average Bonchev–Trinajstić information content (AvgIpc) is 2.54. The standard InChI is InChI=1S/C18H18BrClN2O4S/c1-10(2)6-15-18(23)21-14-7-11(19)8-16(17(14)26-15)27(24,25)22-13-5-3-4-12(20)9-13/h3-5,7-10,15,22H,6H2,1-2H3,(H,21,23). The van der Waals surface area contributed by atoms with Crippen LogP contribution in [-0.4, -0.2) is 20.4 Å². The molecule has 27 heavy (non-hydrogen) atoms. The molecule has 2 N–H and O–H groups in total. The lowest BCUT2D eigenvalue weighted by molar-refractivity contribution is -0.124. The van der Waals surface area contributed by atoms with E-state index in [9.17, 15) is 13.2 Å². The van der Waals surface area contributed by atoms with Crippen LogP contribution >= 0.6 is 27.5 Å². The fourth-order valence-corrected chi connectivity index (χ4v) is 4.77. The van der Waals surface area contributed by atoms with Gasteiger partial charge in [0.15, 0.2) is 11.9 Å². The van der Waals surface area contributed by atoms with Crippen molar-refractivity contribution in [2.24, 2.45) is 5.92 Å². The van der Waals surface area contributed by atoms with E-state index in [1.165, 1.54) is 12.1 Å². The van der Waals surface area contributed by atoms with Gasteiger partial charge < -0.3 is 10.1 Å². The zero-order chi connectivity index (χ0) is 19.8. The molecule has 0 saturated carbocycles. The molecule has 0 radical (unpaired) electrons. The van der Waals surface area contributed by atoms with Gasteiger partial charge in [-0.05, 0) is 42.7 Å². The largest absolute Gasteiger partial charge is 0.477 e. The third-order valence-electron chi connectivity index (χ3n) is 3.88. The molecular formula is C18H18BrClN2O4S. The predicted molar refractivity (Wildman–Crippen MR) is 109 cm³/mol. The Bertz CT molecular complexity index is 995. The SMILES string of the molecule is CC(C)CC1Oc2c(cc(Br)cc2S(=O)(=O)Nc2cccc(Cl)c2)NC1=O. The smallest absolute Gasteiger partial charge is 0.265 e. The summed E-state index contributed by atoms with van der Waals surface area (Å²) in [5, 5.41) is 3.14. The van der Waals surface area contributed by atoms with Crippen molar-refractivity contribution >= 4 is 54.8 Å². The van der Waals surface area contributed by atoms with Crippen molar-refractivity contribution in [2.75, 3.05) is 10.0 Å². The van der Waals surface area contributed by atoms with Gasteiger partial charge in [-0.15, -0.1) is 0 Å². The number of sulfonamides is 1. The summed E-state index contributed by atoms with van der Waals surface area (Å²) in [6.07, 6.45) is -0.276. The van der Waals surface area contributed by atoms with Crippen LogP contribution in [0.5, 0.6) is 5.75 Å². The van der Waals surface area contributed by atoms with Gasteiger partial charge in [-0.1, -0.05) is 47.4 Å². The Hall–Kier alpha value is -1.77. The van der Waals surface area contributed by atoms with E-state index in [4.69, 9.17) is 16.3 Å². The molecule has 9 heteroatoms. The first kappa shape index (κ1) is 20.0. The molecular weight excluding hydrogens is 456 g/mol. The molecule has 1 amide bonds. The monoisotopic (exact) mass is 472 g/mol. The minimum absolute atomic E-state index is 0.0689. The maximum Gasteiger partial charge on any atom is 0.265 e. The Labute approximate surface area is 171 Å². The van der Waals surface area contributed by atoms with Crippen molar-refractivity contribution in [3.63, 3.8) is 0 Å². The Morgan fingerprint density at radius 2 is 2.04 bits per heavy atom. The number of hydrogen-bond acceptors (Lipinski definition) is 4. The van der Waals surface area contributed by atoms with E-state index in [-0.39, 0.29) is 22.5 Å². The van der Waals surface area contributed by atoms with Gasteiger partial charge in [-0.25, -0.2) is 8.42 Å². The third kappa shape index (κ3) is 4.56. The Morgan fingerprint density at radius 3 is 2.70 bits per heavy atom. The number of carbonyl (C=O) groups is 1. The Balaban J connectivity index is 2.02. The van der Waals surface area contributed by atoms with Crippen LogP contribution in [0.1, 0.15) is 20.3 Å². The molecule has 1 heterocycles. The van der Waals surface area contributed by atoms with E-state index in [2.05, 4.69) is 26.0 Å². The molecule has 0 aromatic heterocycles. The van der Waals surface area contributed by atoms with E-state index in [0.29, 0.717) is 27.3 Å². The summed E-state index contributed by atoms with van der Waals surface area (Å²) in [5.41, 5.74) is 0.635. The third-order valence-corrected chi connectivity index (χ3v) is 5.96. The Morgan fingerprint density at radius 1 is 1.30 bits per heavy atom. The number of carbonyl (C=O) groups excluding carboxylic acids is 1. The van der Waals surface area contributed by atoms with Gasteiger partial charge in [0, 0.05) is 9.50 Å². The molecule has 144 valence electrons. The molecule has 0 saturated heterocycles. The molecule has 0 aliphatic carbocycles. The van der Waals surface area contributed by atoms with Crippen molar-refractivity contribution in [3.8, 4) is 5.75 Å². The normalized spacial score (nSPS) is 16.5. The van der Waals surface area contributed by atoms with Crippen molar-refractivity contribution in [1.29, 1.82) is 0 Å². The van der Waals surface area contributed by atoms with Crippen LogP contribution in [-0.2, 0) is 14.8 Å². The van der Waals surface area contributed by atoms with Crippen LogP contribution < -0.4 is 14.8 Å². The molecule has 0 spiro atoms. The van der Waals surface area contributed by atoms with Crippen molar-refractivity contribution < 1.29 is 17.9 Å². The van der Waals surface area contributed by atoms with E-state index in [1.54, 1.807) is 24.3 Å². The van der Waals surface area contributed by atoms with E-state index in [0.717, 1.165) is 0 Å². The average molecular weight is 474 g/mol. The second kappa shape index (κ2) is 7.69. The first-order valence-corrected chi connectivity index (χ1v) is 10.9. The first-order chi connectivity index (χ1) is 12.7. The zero-order valence-corrected chi connectivity index (χ0v) is 17.8. The van der Waals surface area contributed by atoms with E-state index >= 15 is 0 Å². The topological polar surface area (TPSA) is 84.5 Å². The first-order valence-electron chi connectivity index (χ1n) is 8.25. The summed E-state index contributed by atoms with van der Waals surface area (Å²) in [5.74, 6) is 0.0424. The van der Waals surface area contributed by atoms with Crippen LogP contribution in [0.25, 0.3) is 0 Å². The number of benzene rings is 2. The van der Waals surface area contributed by atoms with Crippen LogP contribution in [0, 0.1) is 5.92 Å². The summed E-state index contributed by atoms with van der Waals surface area (Å²) in [6.45, 7) is 3.93. The lowest BCUT2D eigenvalue weighted by Gasteiger charge is -2.28. The highest BCUT2D eigenvalue weighted by molar-refractivity contribution is 9.10. The number of ether oxygens (including phenoxy) is 1. The highest BCUT2D eigenvalue weighted by atomic mass is 79.9. The van der Waals surface area contributed by atoms with Crippen LogP contribution in [0.15, 0.2) is 45.8 Å². The molecule has 2 aromatic carbocycles. The number of fused-ring (bicyclic) bond motifs is 1. The zero-order valence-electron chi connectivity index (χ0n) is 14.6. The number of nitrogens with one attached hydrogen (secondary N) is 2. The highest BCUT2D eigenvalue weighted by Gasteiger charge is 2.33. The summed E-state index contributed by atoms with van der Waals surface area (Å²) >= 11 is 9.22. The lowest BCUT2D eigenvalue weighted by Crippen LogP contribution is -2.38. The van der Waals surface area contributed by atoms with Crippen molar-refractivity contribution in [1.82, 2.24) is 0 Å². The van der Waals surface area contributed by atoms with Crippen molar-refractivity contribution in [3.05, 3.63) is 45.9 Å². The van der Waals surface area contributed by atoms with Crippen LogP contribution in [0.2, 0.25) is 5.02 Å². The molecule has 1 atom stereocenters. The molecule has 0 bridgehead atoms. The molecule has 1 aliphatic heterocycles. The number of halogens is 2. The molecule has 1 unspecified atom stereocenters. The molecule has 3 rings (SSSR count). The van der Waals surface area contributed by atoms with E-state index in [1.807, 2.05) is 13.8 Å². The van der Waals surface area contributed by atoms with Gasteiger partial charge in [0.1, 0.15) is 4.90 Å². The second-order valence-electron chi connectivity index (χ2n) is 6.62. The number of hydrogen-bond donors (Lipinski definition) is 2. The maximum atomic E-state index is 13.0. The molecule has 6 nitrogen and oxygen atoms in total. The number of amides is 1. The highest BCUT2D eigenvalue weighted by Crippen LogP contribution is 2.40. The van der Waals surface area contributed by atoms with Crippen LogP contribution in [0.4, 0.5) is 11.4 Å². The quantitative estimate of drug-likeness (QED) is 0.662. The summed E-state index contributed by atoms with van der Waals surface area (Å²) in [6, 6.07) is 9.44. The molecule has 1 aliphatic rings. The minimum atomic E-state index is -3.98. The maximum absolute atomic E-state index is 13.0. The van der Waals surface area contributed by atoms with Gasteiger partial charge in [0.2, 0.25) is 0 Å². The van der Waals surface area contributed by atoms with Gasteiger partial charge >= 0.3 is 0 Å². The molecule has 0 fully saturated rings. The minimum Gasteiger partial charge on any atom is -0.477 e. The summed E-state index contributed by atoms with van der Waals surface area (Å²) in [4.78, 5) is 12.2. The van der Waals surface area contributed by atoms with Gasteiger partial charge in [0.25, 0.3) is 15.9 Å². The van der Waals surface area contributed by atoms with E-state index < -0.39 is 16.1 Å². The van der Waals surface area contributed by atoms with Gasteiger partial charge in [0.05, 0.1) is 11.4 Å². The fraction of sp³-hybridized carbons (Fsp3) is 0.278. The lowest BCUT2D eigenvalue weighted by atomic mass is 10.0. The van der Waals surface area contributed by atoms with Gasteiger partial charge in [-0.2, -0.15) is 0 Å². The Kier molecular flexibility index (Phi) is 5.69. The van der Waals surface area contributed by atoms with Crippen LogP contribution in [0.3, 0.4) is 0 Å². The summed E-state index contributed by atoms with van der Waals surface area (Å²) < 4.78 is 34.8. The summed E-state index contributed by atoms with van der Waals surface area (Å²) in [7, 11) is -3.98.